The number of nitrogens with one attached hydrogen (secondary N) is 1. The summed E-state index contributed by atoms with van der Waals surface area (Å²) in [5.41, 5.74) is 6.61. The molecule has 0 spiro atoms. The first kappa shape index (κ1) is 14.0. The van der Waals surface area contributed by atoms with Gasteiger partial charge in [-0.2, -0.15) is 0 Å². The lowest BCUT2D eigenvalue weighted by Crippen LogP contribution is -2.42. The highest BCUT2D eigenvalue weighted by atomic mass is 32.1. The molecule has 1 saturated carbocycles. The molecule has 1 aromatic carbocycles. The molecule has 19 heavy (non-hydrogen) atoms. The second-order valence-electron chi connectivity index (χ2n) is 5.27. The van der Waals surface area contributed by atoms with Crippen molar-refractivity contribution in [1.82, 2.24) is 5.32 Å². The Morgan fingerprint density at radius 3 is 2.58 bits per heavy atom. The lowest BCUT2D eigenvalue weighted by atomic mass is 9.97. The Kier molecular flexibility index (Phi) is 4.53. The van der Waals surface area contributed by atoms with Crippen LogP contribution in [0.3, 0.4) is 0 Å². The van der Waals surface area contributed by atoms with E-state index in [0.29, 0.717) is 5.92 Å². The van der Waals surface area contributed by atoms with Gasteiger partial charge in [0.05, 0.1) is 4.99 Å². The lowest BCUT2D eigenvalue weighted by molar-refractivity contribution is -0.122. The van der Waals surface area contributed by atoms with Crippen molar-refractivity contribution >= 4 is 23.1 Å². The Morgan fingerprint density at radius 1 is 1.37 bits per heavy atom. The summed E-state index contributed by atoms with van der Waals surface area (Å²) in [6.45, 7) is 2.18. The van der Waals surface area contributed by atoms with Gasteiger partial charge >= 0.3 is 0 Å². The second kappa shape index (κ2) is 6.15. The van der Waals surface area contributed by atoms with Gasteiger partial charge in [-0.05, 0) is 24.3 Å². The number of benzene rings is 1. The number of hydrogen-bond donors (Lipinski definition) is 2. The number of rotatable bonds is 4. The number of hydrogen-bond acceptors (Lipinski definition) is 2. The molecule has 0 heterocycles. The lowest BCUT2D eigenvalue weighted by Gasteiger charge is -2.22. The maximum atomic E-state index is 12.4. The average Bonchev–Trinajstić information content (AvgIpc) is 2.76. The largest absolute Gasteiger partial charge is 0.392 e. The van der Waals surface area contributed by atoms with E-state index in [9.17, 15) is 4.79 Å². The van der Waals surface area contributed by atoms with Crippen LogP contribution in [0.15, 0.2) is 30.3 Å². The van der Waals surface area contributed by atoms with Crippen molar-refractivity contribution in [2.24, 2.45) is 11.7 Å². The molecule has 0 aliphatic heterocycles. The molecule has 1 aromatic rings. The van der Waals surface area contributed by atoms with Crippen LogP contribution in [0.5, 0.6) is 0 Å². The zero-order chi connectivity index (χ0) is 13.8. The molecule has 0 saturated heterocycles. The number of carbonyl (C=O) groups excluding carboxylic acids is 1. The molecule has 1 fully saturated rings. The zero-order valence-electron chi connectivity index (χ0n) is 11.1. The third-order valence-corrected chi connectivity index (χ3v) is 4.10. The Labute approximate surface area is 119 Å². The van der Waals surface area contributed by atoms with Gasteiger partial charge in [-0.25, -0.2) is 0 Å². The van der Waals surface area contributed by atoms with Crippen LogP contribution in [0.4, 0.5) is 0 Å². The second-order valence-corrected chi connectivity index (χ2v) is 5.74. The maximum absolute atomic E-state index is 12.4. The van der Waals surface area contributed by atoms with Crippen LogP contribution in [0.25, 0.3) is 0 Å². The third kappa shape index (κ3) is 3.32. The van der Waals surface area contributed by atoms with Crippen molar-refractivity contribution in [2.45, 2.75) is 38.1 Å². The molecule has 3 atom stereocenters. The van der Waals surface area contributed by atoms with Gasteiger partial charge in [0.1, 0.15) is 5.92 Å². The third-order valence-electron chi connectivity index (χ3n) is 3.87. The van der Waals surface area contributed by atoms with Crippen molar-refractivity contribution in [2.75, 3.05) is 0 Å². The number of carbonyl (C=O) groups is 1. The van der Waals surface area contributed by atoms with E-state index >= 15 is 0 Å². The summed E-state index contributed by atoms with van der Waals surface area (Å²) in [4.78, 5) is 12.6. The molecule has 0 bridgehead atoms. The standard InChI is InChI=1S/C15H20N2OS/c1-10-6-5-9-12(10)17-15(18)13(14(16)19)11-7-3-2-4-8-11/h2-4,7-8,10,12-13H,5-6,9H2,1H3,(H2,16,19)(H,17,18). The minimum Gasteiger partial charge on any atom is -0.392 e. The highest BCUT2D eigenvalue weighted by Gasteiger charge is 2.29. The van der Waals surface area contributed by atoms with Gasteiger partial charge in [-0.3, -0.25) is 4.79 Å². The van der Waals surface area contributed by atoms with Crippen LogP contribution in [0.2, 0.25) is 0 Å². The normalized spacial score (nSPS) is 23.8. The maximum Gasteiger partial charge on any atom is 0.234 e. The fourth-order valence-corrected chi connectivity index (χ4v) is 2.96. The van der Waals surface area contributed by atoms with E-state index in [0.717, 1.165) is 12.0 Å². The highest BCUT2D eigenvalue weighted by molar-refractivity contribution is 7.80. The molecular weight excluding hydrogens is 256 g/mol. The molecule has 3 nitrogen and oxygen atoms in total. The summed E-state index contributed by atoms with van der Waals surface area (Å²) in [5.74, 6) is -0.0619. The Balaban J connectivity index is 2.11. The summed E-state index contributed by atoms with van der Waals surface area (Å²) in [6.07, 6.45) is 3.40. The Hall–Kier alpha value is -1.42. The van der Waals surface area contributed by atoms with Gasteiger partial charge in [0.25, 0.3) is 0 Å². The smallest absolute Gasteiger partial charge is 0.234 e. The van der Waals surface area contributed by atoms with E-state index in [1.54, 1.807) is 0 Å². The molecule has 0 radical (unpaired) electrons. The number of nitrogens with two attached hydrogens (primary N) is 1. The molecule has 1 aliphatic rings. The summed E-state index contributed by atoms with van der Waals surface area (Å²) in [5, 5.41) is 3.10. The SMILES string of the molecule is CC1CCCC1NC(=O)C(C(N)=S)c1ccccc1. The quantitative estimate of drug-likeness (QED) is 0.830. The number of thiocarbonyl (C=S) groups is 1. The van der Waals surface area contributed by atoms with Crippen molar-refractivity contribution in [3.05, 3.63) is 35.9 Å². The van der Waals surface area contributed by atoms with E-state index in [2.05, 4.69) is 12.2 Å². The Bertz CT molecular complexity index is 460. The summed E-state index contributed by atoms with van der Waals surface area (Å²) in [6, 6.07) is 9.74. The average molecular weight is 276 g/mol. The van der Waals surface area contributed by atoms with Crippen LogP contribution in [0, 0.1) is 5.92 Å². The molecule has 1 amide bonds. The van der Waals surface area contributed by atoms with Crippen molar-refractivity contribution in [3.63, 3.8) is 0 Å². The summed E-state index contributed by atoms with van der Waals surface area (Å²) in [7, 11) is 0. The molecule has 3 unspecified atom stereocenters. The predicted molar refractivity (Wildman–Crippen MR) is 80.9 cm³/mol. The molecular formula is C15H20N2OS. The van der Waals surface area contributed by atoms with Crippen molar-refractivity contribution in [1.29, 1.82) is 0 Å². The topological polar surface area (TPSA) is 55.1 Å². The first-order chi connectivity index (χ1) is 9.09. The Morgan fingerprint density at radius 2 is 2.05 bits per heavy atom. The van der Waals surface area contributed by atoms with Gasteiger partial charge in [-0.15, -0.1) is 0 Å². The molecule has 3 N–H and O–H groups in total. The van der Waals surface area contributed by atoms with E-state index in [4.69, 9.17) is 18.0 Å². The van der Waals surface area contributed by atoms with E-state index in [1.807, 2.05) is 30.3 Å². The van der Waals surface area contributed by atoms with Gasteiger partial charge in [0, 0.05) is 6.04 Å². The van der Waals surface area contributed by atoms with Gasteiger partial charge in [0.2, 0.25) is 5.91 Å². The molecule has 1 aliphatic carbocycles. The van der Waals surface area contributed by atoms with Crippen LogP contribution < -0.4 is 11.1 Å². The van der Waals surface area contributed by atoms with Gasteiger partial charge in [0.15, 0.2) is 0 Å². The summed E-state index contributed by atoms with van der Waals surface area (Å²) < 4.78 is 0. The minimum absolute atomic E-state index is 0.0718. The first-order valence-electron chi connectivity index (χ1n) is 6.74. The summed E-state index contributed by atoms with van der Waals surface area (Å²) >= 11 is 5.06. The zero-order valence-corrected chi connectivity index (χ0v) is 12.0. The molecule has 2 rings (SSSR count). The van der Waals surface area contributed by atoms with Crippen LogP contribution in [-0.4, -0.2) is 16.9 Å². The van der Waals surface area contributed by atoms with Gasteiger partial charge < -0.3 is 11.1 Å². The minimum atomic E-state index is -0.524. The highest BCUT2D eigenvalue weighted by Crippen LogP contribution is 2.26. The van der Waals surface area contributed by atoms with E-state index in [-0.39, 0.29) is 16.9 Å². The molecule has 0 aromatic heterocycles. The fraction of sp³-hybridized carbons (Fsp3) is 0.467. The van der Waals surface area contributed by atoms with Crippen molar-refractivity contribution in [3.8, 4) is 0 Å². The van der Waals surface area contributed by atoms with E-state index < -0.39 is 5.92 Å². The molecule has 102 valence electrons. The fourth-order valence-electron chi connectivity index (χ4n) is 2.72. The van der Waals surface area contributed by atoms with E-state index in [1.165, 1.54) is 12.8 Å². The van der Waals surface area contributed by atoms with Crippen molar-refractivity contribution < 1.29 is 4.79 Å². The van der Waals surface area contributed by atoms with Crippen LogP contribution in [-0.2, 0) is 4.79 Å². The van der Waals surface area contributed by atoms with Crippen LogP contribution >= 0.6 is 12.2 Å². The first-order valence-corrected chi connectivity index (χ1v) is 7.15. The predicted octanol–water partition coefficient (Wildman–Crippen LogP) is 2.36. The van der Waals surface area contributed by atoms with Gasteiger partial charge in [-0.1, -0.05) is 55.9 Å². The monoisotopic (exact) mass is 276 g/mol. The van der Waals surface area contributed by atoms with Crippen LogP contribution in [0.1, 0.15) is 37.7 Å². The molecule has 4 heteroatoms. The number of amides is 1.